The summed E-state index contributed by atoms with van der Waals surface area (Å²) in [6, 6.07) is 6.85. The molecule has 0 bridgehead atoms. The Morgan fingerprint density at radius 2 is 2.12 bits per heavy atom. The topological polar surface area (TPSA) is 15.3 Å². The number of nitrogens with one attached hydrogen (secondary N) is 1. The normalized spacial score (nSPS) is 17.5. The molecule has 0 aromatic heterocycles. The molecule has 0 aliphatic carbocycles. The fraction of sp³-hybridized carbons (Fsp3) is 0.538. The summed E-state index contributed by atoms with van der Waals surface area (Å²) in [5, 5.41) is 4.29. The Morgan fingerprint density at radius 3 is 2.71 bits per heavy atom. The van der Waals surface area contributed by atoms with Gasteiger partial charge in [0, 0.05) is 29.3 Å². The van der Waals surface area contributed by atoms with Crippen LogP contribution in [0.4, 0.5) is 5.69 Å². The maximum Gasteiger partial charge on any atom is 0.0549 e. The first-order valence-corrected chi connectivity index (χ1v) is 7.31. The second-order valence-electron chi connectivity index (χ2n) is 4.42. The van der Waals surface area contributed by atoms with Gasteiger partial charge in [0.25, 0.3) is 0 Å². The Hall–Kier alpha value is -0.250. The van der Waals surface area contributed by atoms with Crippen LogP contribution in [0.1, 0.15) is 19.8 Å². The van der Waals surface area contributed by atoms with E-state index in [0.29, 0.717) is 6.04 Å². The third kappa shape index (κ3) is 3.36. The van der Waals surface area contributed by atoms with Crippen molar-refractivity contribution < 1.29 is 0 Å². The lowest BCUT2D eigenvalue weighted by molar-refractivity contribution is 0.424. The van der Waals surface area contributed by atoms with E-state index in [9.17, 15) is 0 Å². The molecular formula is C13H18BrClN2. The van der Waals surface area contributed by atoms with Crippen LogP contribution in [-0.2, 0) is 0 Å². The third-order valence-electron chi connectivity index (χ3n) is 3.26. The molecular weight excluding hydrogens is 300 g/mol. The van der Waals surface area contributed by atoms with Crippen molar-refractivity contribution in [3.8, 4) is 0 Å². The number of hydrogen-bond donors (Lipinski definition) is 1. The minimum absolute atomic E-state index is 0.687. The second-order valence-corrected chi connectivity index (χ2v) is 5.68. The molecule has 1 N–H and O–H groups in total. The van der Waals surface area contributed by atoms with Gasteiger partial charge in [-0.05, 0) is 53.5 Å². The van der Waals surface area contributed by atoms with Crippen molar-refractivity contribution >= 4 is 33.2 Å². The summed E-state index contributed by atoms with van der Waals surface area (Å²) in [7, 11) is 0. The van der Waals surface area contributed by atoms with Crippen molar-refractivity contribution in [2.45, 2.75) is 25.8 Å². The highest BCUT2D eigenvalue weighted by molar-refractivity contribution is 9.10. The maximum absolute atomic E-state index is 6.01. The number of benzene rings is 1. The molecule has 2 nitrogen and oxygen atoms in total. The summed E-state index contributed by atoms with van der Waals surface area (Å²) in [4.78, 5) is 2.43. The molecule has 0 radical (unpaired) electrons. The van der Waals surface area contributed by atoms with Crippen molar-refractivity contribution in [3.63, 3.8) is 0 Å². The van der Waals surface area contributed by atoms with Gasteiger partial charge in [-0.15, -0.1) is 0 Å². The lowest BCUT2D eigenvalue weighted by Gasteiger charge is -2.34. The van der Waals surface area contributed by atoms with E-state index >= 15 is 0 Å². The van der Waals surface area contributed by atoms with Crippen LogP contribution in [0.5, 0.6) is 0 Å². The quantitative estimate of drug-likeness (QED) is 0.915. The van der Waals surface area contributed by atoms with E-state index in [4.69, 9.17) is 11.6 Å². The molecule has 1 aliphatic rings. The maximum atomic E-state index is 6.01. The van der Waals surface area contributed by atoms with E-state index in [0.717, 1.165) is 29.1 Å². The van der Waals surface area contributed by atoms with Crippen LogP contribution in [0, 0.1) is 0 Å². The predicted molar refractivity (Wildman–Crippen MR) is 78.1 cm³/mol. The fourth-order valence-corrected chi connectivity index (χ4v) is 2.80. The Kier molecular flexibility index (Phi) is 4.71. The molecule has 94 valence electrons. The van der Waals surface area contributed by atoms with Crippen LogP contribution in [-0.4, -0.2) is 25.7 Å². The molecule has 17 heavy (non-hydrogen) atoms. The summed E-state index contributed by atoms with van der Waals surface area (Å²) in [6.07, 6.45) is 2.43. The molecule has 4 heteroatoms. The zero-order chi connectivity index (χ0) is 12.3. The third-order valence-corrected chi connectivity index (χ3v) is 4.47. The highest BCUT2D eigenvalue weighted by Gasteiger charge is 2.18. The van der Waals surface area contributed by atoms with Crippen molar-refractivity contribution in [3.05, 3.63) is 27.7 Å². The molecule has 0 unspecified atom stereocenters. The number of halogens is 2. The summed E-state index contributed by atoms with van der Waals surface area (Å²) in [6.45, 7) is 5.47. The van der Waals surface area contributed by atoms with Crippen LogP contribution < -0.4 is 10.2 Å². The van der Waals surface area contributed by atoms with Crippen LogP contribution in [0.25, 0.3) is 0 Å². The smallest absolute Gasteiger partial charge is 0.0549 e. The van der Waals surface area contributed by atoms with Gasteiger partial charge in [-0.3, -0.25) is 0 Å². The van der Waals surface area contributed by atoms with E-state index in [-0.39, 0.29) is 0 Å². The van der Waals surface area contributed by atoms with E-state index in [1.807, 2.05) is 6.07 Å². The number of anilines is 1. The van der Waals surface area contributed by atoms with Gasteiger partial charge in [0.2, 0.25) is 0 Å². The highest BCUT2D eigenvalue weighted by atomic mass is 79.9. The lowest BCUT2D eigenvalue weighted by Crippen LogP contribution is -2.42. The monoisotopic (exact) mass is 316 g/mol. The van der Waals surface area contributed by atoms with Crippen LogP contribution in [0.15, 0.2) is 22.7 Å². The summed E-state index contributed by atoms with van der Waals surface area (Å²) < 4.78 is 0.977. The van der Waals surface area contributed by atoms with Crippen molar-refractivity contribution in [1.29, 1.82) is 0 Å². The Bertz CT molecular complexity index is 376. The van der Waals surface area contributed by atoms with Gasteiger partial charge in [0.1, 0.15) is 0 Å². The van der Waals surface area contributed by atoms with Gasteiger partial charge < -0.3 is 10.2 Å². The average molecular weight is 318 g/mol. The molecule has 0 amide bonds. The fourth-order valence-electron chi connectivity index (χ4n) is 2.31. The van der Waals surface area contributed by atoms with Crippen molar-refractivity contribution in [2.24, 2.45) is 0 Å². The summed E-state index contributed by atoms with van der Waals surface area (Å²) in [5.74, 6) is 0. The van der Waals surface area contributed by atoms with E-state index in [1.165, 1.54) is 18.5 Å². The van der Waals surface area contributed by atoms with Crippen LogP contribution in [0.2, 0.25) is 5.02 Å². The van der Waals surface area contributed by atoms with E-state index in [2.05, 4.69) is 45.2 Å². The van der Waals surface area contributed by atoms with Gasteiger partial charge in [-0.1, -0.05) is 18.5 Å². The largest absolute Gasteiger partial charge is 0.371 e. The molecule has 1 fully saturated rings. The van der Waals surface area contributed by atoms with E-state index < -0.39 is 0 Å². The first-order valence-electron chi connectivity index (χ1n) is 6.14. The zero-order valence-corrected chi connectivity index (χ0v) is 12.4. The number of nitrogens with zero attached hydrogens (tertiary/aromatic N) is 1. The molecule has 0 spiro atoms. The molecule has 0 saturated carbocycles. The minimum atomic E-state index is 0.687. The molecule has 1 aliphatic heterocycles. The zero-order valence-electron chi connectivity index (χ0n) is 10.0. The van der Waals surface area contributed by atoms with Crippen molar-refractivity contribution in [1.82, 2.24) is 5.32 Å². The van der Waals surface area contributed by atoms with Gasteiger partial charge in [-0.25, -0.2) is 0 Å². The lowest BCUT2D eigenvalue weighted by atomic mass is 10.0. The average Bonchev–Trinajstić information content (AvgIpc) is 2.34. The SMILES string of the molecule is CCNC1CCN(c2ccc(Cl)c(Br)c2)CC1. The number of hydrogen-bond acceptors (Lipinski definition) is 2. The van der Waals surface area contributed by atoms with Crippen molar-refractivity contribution in [2.75, 3.05) is 24.5 Å². The highest BCUT2D eigenvalue weighted by Crippen LogP contribution is 2.29. The van der Waals surface area contributed by atoms with Crippen LogP contribution >= 0.6 is 27.5 Å². The molecule has 1 saturated heterocycles. The molecule has 1 heterocycles. The molecule has 1 aromatic carbocycles. The Balaban J connectivity index is 1.98. The Morgan fingerprint density at radius 1 is 1.41 bits per heavy atom. The van der Waals surface area contributed by atoms with Gasteiger partial charge in [-0.2, -0.15) is 0 Å². The molecule has 2 rings (SSSR count). The predicted octanol–water partition coefficient (Wildman–Crippen LogP) is 3.68. The van der Waals surface area contributed by atoms with Gasteiger partial charge >= 0.3 is 0 Å². The standard InChI is InChI=1S/C13H18BrClN2/c1-2-16-10-5-7-17(8-6-10)11-3-4-13(15)12(14)9-11/h3-4,9-10,16H,2,5-8H2,1H3. The first-order chi connectivity index (χ1) is 8.20. The minimum Gasteiger partial charge on any atom is -0.371 e. The molecule has 1 aromatic rings. The van der Waals surface area contributed by atoms with Crippen LogP contribution in [0.3, 0.4) is 0 Å². The summed E-state index contributed by atoms with van der Waals surface area (Å²) in [5.41, 5.74) is 1.26. The van der Waals surface area contributed by atoms with Gasteiger partial charge in [0.05, 0.1) is 5.02 Å². The second kappa shape index (κ2) is 6.07. The van der Waals surface area contributed by atoms with Gasteiger partial charge in [0.15, 0.2) is 0 Å². The van der Waals surface area contributed by atoms with E-state index in [1.54, 1.807) is 0 Å². The first kappa shape index (κ1) is 13.2. The summed E-state index contributed by atoms with van der Waals surface area (Å²) >= 11 is 9.49. The number of piperidine rings is 1. The molecule has 0 atom stereocenters. The Labute approximate surface area is 116 Å². The number of rotatable bonds is 3.